The largest absolute Gasteiger partial charge is 0.373 e. The van der Waals surface area contributed by atoms with E-state index < -0.39 is 18.4 Å². The predicted molar refractivity (Wildman–Crippen MR) is 98.2 cm³/mol. The number of fused-ring (bicyclic) bond motifs is 1. The fraction of sp³-hybridized carbons (Fsp3) is 0.529. The quantitative estimate of drug-likeness (QED) is 0.613. The van der Waals surface area contributed by atoms with Crippen LogP contribution in [0.1, 0.15) is 41.5 Å². The minimum absolute atomic E-state index is 0.0379. The van der Waals surface area contributed by atoms with Gasteiger partial charge in [-0.1, -0.05) is 47.6 Å². The van der Waals surface area contributed by atoms with Crippen LogP contribution in [0.5, 0.6) is 0 Å². The maximum Gasteiger partial charge on any atom is 0.294 e. The first-order valence-electron chi connectivity index (χ1n) is 8.12. The van der Waals surface area contributed by atoms with Crippen LogP contribution < -0.4 is 0 Å². The summed E-state index contributed by atoms with van der Waals surface area (Å²) in [4.78, 5) is -0.0379. The van der Waals surface area contributed by atoms with Crippen molar-refractivity contribution in [2.24, 2.45) is 0 Å². The molecule has 0 spiro atoms. The van der Waals surface area contributed by atoms with Crippen molar-refractivity contribution in [1.29, 1.82) is 0 Å². The lowest BCUT2D eigenvalue weighted by atomic mass is 10.2. The fourth-order valence-electron chi connectivity index (χ4n) is 4.44. The zero-order valence-corrected chi connectivity index (χ0v) is 16.6. The standard InChI is InChI=1S/C17H27NO3SSi/c1-12(2)23(13(3)4,14(5)6)18-10-9-15-7-8-16(11-17(15)18)22(19,20)21/h7-14H,1-6H3,(H,19,20,21). The maximum absolute atomic E-state index is 11.5. The minimum Gasteiger partial charge on any atom is -0.373 e. The molecule has 0 fully saturated rings. The molecule has 128 valence electrons. The third-order valence-corrected chi connectivity index (χ3v) is 12.8. The van der Waals surface area contributed by atoms with Crippen LogP contribution in [0.15, 0.2) is 35.4 Å². The van der Waals surface area contributed by atoms with Crippen molar-refractivity contribution in [3.63, 3.8) is 0 Å². The Balaban J connectivity index is 2.84. The second-order valence-corrected chi connectivity index (χ2v) is 14.4. The molecule has 0 aliphatic carbocycles. The second kappa shape index (κ2) is 6.07. The average molecular weight is 354 g/mol. The van der Waals surface area contributed by atoms with E-state index >= 15 is 0 Å². The fourth-order valence-corrected chi connectivity index (χ4v) is 11.6. The molecule has 0 saturated carbocycles. The summed E-state index contributed by atoms with van der Waals surface area (Å²) in [6.07, 6.45) is 2.10. The Morgan fingerprint density at radius 2 is 1.48 bits per heavy atom. The number of hydrogen-bond donors (Lipinski definition) is 1. The van der Waals surface area contributed by atoms with Gasteiger partial charge in [-0.25, -0.2) is 0 Å². The zero-order valence-electron chi connectivity index (χ0n) is 14.7. The molecule has 0 aliphatic heterocycles. The molecule has 0 bridgehead atoms. The van der Waals surface area contributed by atoms with Crippen molar-refractivity contribution in [3.8, 4) is 0 Å². The molecule has 0 atom stereocenters. The second-order valence-electron chi connectivity index (χ2n) is 7.23. The van der Waals surface area contributed by atoms with Gasteiger partial charge >= 0.3 is 0 Å². The first-order valence-corrected chi connectivity index (χ1v) is 11.7. The maximum atomic E-state index is 11.5. The highest BCUT2D eigenvalue weighted by atomic mass is 32.2. The molecule has 0 radical (unpaired) electrons. The van der Waals surface area contributed by atoms with E-state index in [1.165, 1.54) is 6.07 Å². The Morgan fingerprint density at radius 1 is 0.957 bits per heavy atom. The number of nitrogens with zero attached hydrogens (tertiary/aromatic N) is 1. The van der Waals surface area contributed by atoms with Crippen molar-refractivity contribution in [2.45, 2.75) is 63.1 Å². The van der Waals surface area contributed by atoms with Gasteiger partial charge < -0.3 is 4.23 Å². The average Bonchev–Trinajstić information content (AvgIpc) is 2.80. The molecule has 0 aliphatic rings. The van der Waals surface area contributed by atoms with E-state index in [9.17, 15) is 13.0 Å². The SMILES string of the molecule is CC(C)[Si](C(C)C)(C(C)C)n1ccc2ccc(S(=O)(=O)O)cc21. The van der Waals surface area contributed by atoms with Gasteiger partial charge in [0, 0.05) is 5.52 Å². The van der Waals surface area contributed by atoms with Gasteiger partial charge in [-0.05, 0) is 46.4 Å². The first kappa shape index (κ1) is 18.2. The Morgan fingerprint density at radius 3 is 1.91 bits per heavy atom. The van der Waals surface area contributed by atoms with Gasteiger partial charge in [0.2, 0.25) is 0 Å². The number of benzene rings is 1. The molecule has 1 N–H and O–H groups in total. The molecule has 0 saturated heterocycles. The minimum atomic E-state index is -4.19. The Hall–Kier alpha value is -1.11. The van der Waals surface area contributed by atoms with E-state index in [0.29, 0.717) is 16.6 Å². The van der Waals surface area contributed by atoms with E-state index in [2.05, 4.69) is 52.0 Å². The van der Waals surface area contributed by atoms with Gasteiger partial charge in [-0.3, -0.25) is 4.55 Å². The van der Waals surface area contributed by atoms with Crippen LogP contribution in [0, 0.1) is 0 Å². The van der Waals surface area contributed by atoms with E-state index in [1.807, 2.05) is 6.07 Å². The first-order chi connectivity index (χ1) is 10.5. The smallest absolute Gasteiger partial charge is 0.294 e. The van der Waals surface area contributed by atoms with Gasteiger partial charge in [0.25, 0.3) is 10.1 Å². The predicted octanol–water partition coefficient (Wildman–Crippen LogP) is 4.91. The van der Waals surface area contributed by atoms with Gasteiger partial charge in [0.15, 0.2) is 8.24 Å². The van der Waals surface area contributed by atoms with Crippen LogP contribution in [-0.2, 0) is 10.1 Å². The molecule has 2 aromatic rings. The molecule has 4 nitrogen and oxygen atoms in total. The Labute approximate surface area is 140 Å². The lowest BCUT2D eigenvalue weighted by molar-refractivity contribution is 0.483. The Kier molecular flexibility index (Phi) is 4.81. The highest BCUT2D eigenvalue weighted by Gasteiger charge is 2.45. The van der Waals surface area contributed by atoms with Crippen molar-refractivity contribution >= 4 is 29.3 Å². The van der Waals surface area contributed by atoms with Gasteiger partial charge in [-0.15, -0.1) is 0 Å². The molecule has 1 heterocycles. The third-order valence-electron chi connectivity index (χ3n) is 5.15. The molecule has 23 heavy (non-hydrogen) atoms. The summed E-state index contributed by atoms with van der Waals surface area (Å²) >= 11 is 0. The van der Waals surface area contributed by atoms with Crippen LogP contribution in [-0.4, -0.2) is 25.4 Å². The van der Waals surface area contributed by atoms with Crippen molar-refractivity contribution in [2.75, 3.05) is 0 Å². The normalized spacial score (nSPS) is 13.7. The summed E-state index contributed by atoms with van der Waals surface area (Å²) in [6, 6.07) is 6.89. The topological polar surface area (TPSA) is 59.3 Å². The summed E-state index contributed by atoms with van der Waals surface area (Å²) in [5, 5.41) is 1.01. The summed E-state index contributed by atoms with van der Waals surface area (Å²) < 4.78 is 34.8. The van der Waals surface area contributed by atoms with Crippen LogP contribution in [0.4, 0.5) is 0 Å². The molecule has 1 aromatic heterocycles. The summed E-state index contributed by atoms with van der Waals surface area (Å²) in [6.45, 7) is 13.6. The molecular weight excluding hydrogens is 326 g/mol. The summed E-state index contributed by atoms with van der Waals surface area (Å²) in [5.41, 5.74) is 2.43. The van der Waals surface area contributed by atoms with Gasteiger partial charge in [0.1, 0.15) is 0 Å². The monoisotopic (exact) mass is 353 g/mol. The van der Waals surface area contributed by atoms with E-state index in [4.69, 9.17) is 0 Å². The third kappa shape index (κ3) is 2.88. The van der Waals surface area contributed by atoms with Crippen molar-refractivity contribution in [3.05, 3.63) is 30.5 Å². The van der Waals surface area contributed by atoms with Crippen molar-refractivity contribution in [1.82, 2.24) is 4.23 Å². The number of aromatic nitrogens is 1. The van der Waals surface area contributed by atoms with Crippen molar-refractivity contribution < 1.29 is 13.0 Å². The van der Waals surface area contributed by atoms with Crippen LogP contribution in [0.2, 0.25) is 16.6 Å². The van der Waals surface area contributed by atoms with Crippen LogP contribution in [0.25, 0.3) is 10.9 Å². The highest BCUT2D eigenvalue weighted by Crippen LogP contribution is 2.44. The molecule has 0 amide bonds. The molecule has 6 heteroatoms. The molecule has 1 aromatic carbocycles. The van der Waals surface area contributed by atoms with E-state index in [0.717, 1.165) is 10.9 Å². The Bertz CT molecular complexity index is 785. The lowest BCUT2D eigenvalue weighted by Crippen LogP contribution is -2.51. The van der Waals surface area contributed by atoms with Crippen LogP contribution >= 0.6 is 0 Å². The molecule has 2 rings (SSSR count). The molecular formula is C17H27NO3SSi. The summed E-state index contributed by atoms with van der Waals surface area (Å²) in [5.74, 6) is 0. The summed E-state index contributed by atoms with van der Waals surface area (Å²) in [7, 11) is -6.15. The van der Waals surface area contributed by atoms with Gasteiger partial charge in [0.05, 0.1) is 4.90 Å². The van der Waals surface area contributed by atoms with Crippen LogP contribution in [0.3, 0.4) is 0 Å². The van der Waals surface area contributed by atoms with E-state index in [1.54, 1.807) is 12.1 Å². The number of hydrogen-bond acceptors (Lipinski definition) is 2. The van der Waals surface area contributed by atoms with Gasteiger partial charge in [-0.2, -0.15) is 8.42 Å². The lowest BCUT2D eigenvalue weighted by Gasteiger charge is -2.44. The molecule has 0 unspecified atom stereocenters. The number of rotatable bonds is 5. The van der Waals surface area contributed by atoms with E-state index in [-0.39, 0.29) is 4.90 Å². The zero-order chi connectivity index (χ0) is 17.6. The highest BCUT2D eigenvalue weighted by molar-refractivity contribution is 7.85.